The van der Waals surface area contributed by atoms with Crippen molar-refractivity contribution >= 4 is 0 Å². The van der Waals surface area contributed by atoms with Crippen LogP contribution in [0.1, 0.15) is 0 Å². The standard InChI is InChI=1S/C24H52N4O12/c29-8-1-24(40)28(13-23(39)18-34)7-6-26(10-20(36)15-31)3-2-25(9-19(35)14-30)4-5-27(11-21(37)16-32)12-22(38)17-33/h1,19-23,29-40H,2-18H2/b24-1-. The summed E-state index contributed by atoms with van der Waals surface area (Å²) in [6, 6.07) is 0. The number of hydrogen-bond acceptors (Lipinski definition) is 16. The molecule has 0 rings (SSSR count). The van der Waals surface area contributed by atoms with Crippen LogP contribution >= 0.6 is 0 Å². The Morgan fingerprint density at radius 2 is 0.750 bits per heavy atom. The smallest absolute Gasteiger partial charge is 0.185 e. The predicted molar refractivity (Wildman–Crippen MR) is 144 cm³/mol. The monoisotopic (exact) mass is 588 g/mol. The molecule has 0 aliphatic heterocycles. The fraction of sp³-hybridized carbons (Fsp3) is 0.917. The number of hydrogen-bond donors (Lipinski definition) is 12. The Hall–Kier alpha value is -1.22. The van der Waals surface area contributed by atoms with Crippen molar-refractivity contribution in [3.8, 4) is 0 Å². The van der Waals surface area contributed by atoms with E-state index in [4.69, 9.17) is 5.11 Å². The lowest BCUT2D eigenvalue weighted by Crippen LogP contribution is -2.48. The zero-order valence-electron chi connectivity index (χ0n) is 23.1. The van der Waals surface area contributed by atoms with Crippen molar-refractivity contribution in [1.29, 1.82) is 0 Å². The lowest BCUT2D eigenvalue weighted by Gasteiger charge is -2.33. The molecule has 0 aromatic rings. The van der Waals surface area contributed by atoms with Crippen molar-refractivity contribution in [1.82, 2.24) is 19.6 Å². The number of aliphatic hydroxyl groups excluding tert-OH is 12. The summed E-state index contributed by atoms with van der Waals surface area (Å²) in [6.45, 7) is -1.37. The minimum absolute atomic E-state index is 0.0269. The van der Waals surface area contributed by atoms with E-state index in [1.54, 1.807) is 14.7 Å². The first kappa shape index (κ1) is 38.8. The lowest BCUT2D eigenvalue weighted by atomic mass is 10.2. The van der Waals surface area contributed by atoms with Crippen molar-refractivity contribution in [2.45, 2.75) is 30.5 Å². The Morgan fingerprint density at radius 3 is 1.10 bits per heavy atom. The van der Waals surface area contributed by atoms with Crippen LogP contribution in [0.25, 0.3) is 0 Å². The van der Waals surface area contributed by atoms with Crippen LogP contribution in [0.2, 0.25) is 0 Å². The molecule has 0 bridgehead atoms. The van der Waals surface area contributed by atoms with E-state index in [9.17, 15) is 56.2 Å². The van der Waals surface area contributed by atoms with Crippen molar-refractivity contribution in [3.63, 3.8) is 0 Å². The summed E-state index contributed by atoms with van der Waals surface area (Å²) in [5, 5.41) is 115. The molecular formula is C24H52N4O12. The average Bonchev–Trinajstić information content (AvgIpc) is 2.95. The van der Waals surface area contributed by atoms with Gasteiger partial charge in [0.05, 0.1) is 70.2 Å². The SMILES string of the molecule is OC/C=C(\O)N(CCN(CCN(CCN(CC(O)CO)CC(O)CO)CC(O)CO)CC(O)CO)CC(O)CO. The first-order chi connectivity index (χ1) is 19.0. The van der Waals surface area contributed by atoms with Crippen LogP contribution in [0.4, 0.5) is 0 Å². The van der Waals surface area contributed by atoms with E-state index in [2.05, 4.69) is 0 Å². The molecule has 0 aliphatic rings. The Balaban J connectivity index is 5.50. The van der Waals surface area contributed by atoms with Gasteiger partial charge in [-0.05, 0) is 0 Å². The summed E-state index contributed by atoms with van der Waals surface area (Å²) in [6.07, 6.45) is -4.31. The fourth-order valence-corrected chi connectivity index (χ4v) is 3.92. The number of rotatable bonds is 26. The minimum Gasteiger partial charge on any atom is -0.495 e. The average molecular weight is 589 g/mol. The van der Waals surface area contributed by atoms with Crippen molar-refractivity contribution in [3.05, 3.63) is 12.0 Å². The van der Waals surface area contributed by atoms with E-state index in [1.165, 1.54) is 4.90 Å². The molecule has 5 unspecified atom stereocenters. The molecule has 16 nitrogen and oxygen atoms in total. The van der Waals surface area contributed by atoms with Crippen LogP contribution in [0.15, 0.2) is 12.0 Å². The van der Waals surface area contributed by atoms with Gasteiger partial charge < -0.3 is 66.2 Å². The van der Waals surface area contributed by atoms with E-state index in [1.807, 2.05) is 0 Å². The molecule has 0 radical (unpaired) electrons. The van der Waals surface area contributed by atoms with Crippen molar-refractivity contribution in [2.75, 3.05) is 112 Å². The second-order valence-electron chi connectivity index (χ2n) is 9.73. The molecule has 5 atom stereocenters. The highest BCUT2D eigenvalue weighted by Crippen LogP contribution is 2.06. The van der Waals surface area contributed by atoms with Crippen LogP contribution in [-0.2, 0) is 0 Å². The number of aliphatic hydroxyl groups is 12. The molecule has 0 saturated heterocycles. The molecule has 0 spiro atoms. The zero-order chi connectivity index (χ0) is 30.5. The summed E-state index contributed by atoms with van der Waals surface area (Å²) in [5.41, 5.74) is 0. The maximum absolute atomic E-state index is 10.2. The van der Waals surface area contributed by atoms with Gasteiger partial charge in [-0.1, -0.05) is 0 Å². The minimum atomic E-state index is -1.15. The van der Waals surface area contributed by atoms with Gasteiger partial charge >= 0.3 is 0 Å². The largest absolute Gasteiger partial charge is 0.495 e. The summed E-state index contributed by atoms with van der Waals surface area (Å²) in [4.78, 5) is 6.57. The highest BCUT2D eigenvalue weighted by molar-refractivity contribution is 4.92. The molecule has 0 heterocycles. The second-order valence-corrected chi connectivity index (χ2v) is 9.73. The highest BCUT2D eigenvalue weighted by Gasteiger charge is 2.21. The molecule has 0 aromatic heterocycles. The maximum atomic E-state index is 10.2. The van der Waals surface area contributed by atoms with Gasteiger partial charge in [0.2, 0.25) is 0 Å². The molecule has 0 fully saturated rings. The third kappa shape index (κ3) is 18.3. The van der Waals surface area contributed by atoms with E-state index in [0.717, 1.165) is 6.08 Å². The Bertz CT molecular complexity index is 627. The van der Waals surface area contributed by atoms with Gasteiger partial charge in [-0.15, -0.1) is 0 Å². The second kappa shape index (κ2) is 23.4. The summed E-state index contributed by atoms with van der Waals surface area (Å²) < 4.78 is 0. The first-order valence-electron chi connectivity index (χ1n) is 13.4. The molecule has 12 N–H and O–H groups in total. The highest BCUT2D eigenvalue weighted by atomic mass is 16.3. The van der Waals surface area contributed by atoms with Crippen LogP contribution in [0, 0.1) is 0 Å². The van der Waals surface area contributed by atoms with Gasteiger partial charge in [-0.2, -0.15) is 0 Å². The maximum Gasteiger partial charge on any atom is 0.185 e. The fourth-order valence-electron chi connectivity index (χ4n) is 3.92. The van der Waals surface area contributed by atoms with Crippen LogP contribution in [0.3, 0.4) is 0 Å². The summed E-state index contributed by atoms with van der Waals surface area (Å²) >= 11 is 0. The van der Waals surface area contributed by atoms with Gasteiger partial charge in [0, 0.05) is 78.1 Å². The van der Waals surface area contributed by atoms with Crippen LogP contribution < -0.4 is 0 Å². The molecule has 16 heteroatoms. The first-order valence-corrected chi connectivity index (χ1v) is 13.4. The molecule has 0 aromatic carbocycles. The predicted octanol–water partition coefficient (Wildman–Crippen LogP) is -6.65. The number of nitrogens with zero attached hydrogens (tertiary/aromatic N) is 4. The van der Waals surface area contributed by atoms with Gasteiger partial charge in [-0.3, -0.25) is 14.7 Å². The summed E-state index contributed by atoms with van der Waals surface area (Å²) in [5.74, 6) is -0.305. The quantitative estimate of drug-likeness (QED) is 0.0419. The third-order valence-electron chi connectivity index (χ3n) is 6.11. The normalized spacial score (nSPS) is 16.5. The van der Waals surface area contributed by atoms with Gasteiger partial charge in [-0.25, -0.2) is 0 Å². The molecule has 0 saturated carbocycles. The van der Waals surface area contributed by atoms with Gasteiger partial charge in [0.15, 0.2) is 5.88 Å². The zero-order valence-corrected chi connectivity index (χ0v) is 23.1. The molecule has 240 valence electrons. The Labute approximate surface area is 235 Å². The van der Waals surface area contributed by atoms with E-state index >= 15 is 0 Å². The van der Waals surface area contributed by atoms with Crippen LogP contribution in [-0.4, -0.2) is 223 Å². The third-order valence-corrected chi connectivity index (χ3v) is 6.11. The Morgan fingerprint density at radius 1 is 0.450 bits per heavy atom. The van der Waals surface area contributed by atoms with Crippen molar-refractivity contribution < 1.29 is 61.3 Å². The van der Waals surface area contributed by atoms with Crippen molar-refractivity contribution in [2.24, 2.45) is 0 Å². The lowest BCUT2D eigenvalue weighted by molar-refractivity contribution is 0.0126. The van der Waals surface area contributed by atoms with Crippen LogP contribution in [0.5, 0.6) is 0 Å². The summed E-state index contributed by atoms with van der Waals surface area (Å²) in [7, 11) is 0. The molecule has 0 aliphatic carbocycles. The van der Waals surface area contributed by atoms with Gasteiger partial charge in [0.1, 0.15) is 0 Å². The van der Waals surface area contributed by atoms with E-state index < -0.39 is 70.2 Å². The molecule has 0 amide bonds. The topological polar surface area (TPSA) is 256 Å². The van der Waals surface area contributed by atoms with Gasteiger partial charge in [0.25, 0.3) is 0 Å². The van der Waals surface area contributed by atoms with E-state index in [-0.39, 0.29) is 58.2 Å². The molecular weight excluding hydrogens is 536 g/mol. The van der Waals surface area contributed by atoms with E-state index in [0.29, 0.717) is 19.6 Å². The molecule has 40 heavy (non-hydrogen) atoms. The Kier molecular flexibility index (Phi) is 22.6.